The Labute approximate surface area is 97.1 Å². The highest BCUT2D eigenvalue weighted by Gasteiger charge is 2.10. The van der Waals surface area contributed by atoms with Gasteiger partial charge in [0, 0.05) is 11.1 Å². The number of amides is 1. The lowest BCUT2D eigenvalue weighted by Crippen LogP contribution is -2.13. The molecule has 0 bridgehead atoms. The number of hydrogen-bond donors (Lipinski definition) is 2. The number of nitrogens with two attached hydrogens (primary N) is 1. The molecule has 1 amide bonds. The Morgan fingerprint density at radius 2 is 2.19 bits per heavy atom. The van der Waals surface area contributed by atoms with Crippen LogP contribution in [0.2, 0.25) is 0 Å². The summed E-state index contributed by atoms with van der Waals surface area (Å²) < 4.78 is 0. The Morgan fingerprint density at radius 3 is 2.81 bits per heavy atom. The van der Waals surface area contributed by atoms with E-state index >= 15 is 0 Å². The summed E-state index contributed by atoms with van der Waals surface area (Å²) >= 11 is 1.25. The molecule has 0 unspecified atom stereocenters. The minimum Gasteiger partial charge on any atom is -0.375 e. The number of aromatic nitrogens is 1. The number of para-hydroxylation sites is 1. The number of benzene rings is 1. The van der Waals surface area contributed by atoms with Crippen molar-refractivity contribution >= 4 is 28.1 Å². The predicted octanol–water partition coefficient (Wildman–Crippen LogP) is 2.29. The third-order valence-electron chi connectivity index (χ3n) is 2.15. The third-order valence-corrected chi connectivity index (χ3v) is 2.82. The molecule has 0 spiro atoms. The van der Waals surface area contributed by atoms with Crippen LogP contribution in [0.15, 0.2) is 29.6 Å². The average molecular weight is 233 g/mol. The van der Waals surface area contributed by atoms with E-state index < -0.39 is 0 Å². The summed E-state index contributed by atoms with van der Waals surface area (Å²) in [5.74, 6) is -0.234. The summed E-state index contributed by atoms with van der Waals surface area (Å²) in [4.78, 5) is 15.7. The first-order chi connectivity index (χ1) is 7.66. The lowest BCUT2D eigenvalue weighted by Gasteiger charge is -2.05. The standard InChI is InChI=1S/C11H11N3OS/c1-7-4-2-3-5-8(7)13-10(15)9-6-16-11(12)14-9/h2-6H,1H3,(H2,12,14)(H,13,15). The van der Waals surface area contributed by atoms with Crippen molar-refractivity contribution in [2.24, 2.45) is 0 Å². The monoisotopic (exact) mass is 233 g/mol. The molecular formula is C11H11N3OS. The first kappa shape index (κ1) is 10.6. The van der Waals surface area contributed by atoms with Gasteiger partial charge in [-0.2, -0.15) is 0 Å². The molecule has 0 aliphatic heterocycles. The van der Waals surface area contributed by atoms with Gasteiger partial charge in [0.2, 0.25) is 0 Å². The van der Waals surface area contributed by atoms with Gasteiger partial charge in [0.25, 0.3) is 5.91 Å². The molecule has 4 nitrogen and oxygen atoms in total. The minimum absolute atomic E-state index is 0.234. The third kappa shape index (κ3) is 2.20. The smallest absolute Gasteiger partial charge is 0.275 e. The van der Waals surface area contributed by atoms with E-state index in [2.05, 4.69) is 10.3 Å². The fourth-order valence-corrected chi connectivity index (χ4v) is 1.83. The van der Waals surface area contributed by atoms with Crippen molar-refractivity contribution in [3.05, 3.63) is 40.9 Å². The van der Waals surface area contributed by atoms with Crippen molar-refractivity contribution < 1.29 is 4.79 Å². The van der Waals surface area contributed by atoms with Gasteiger partial charge in [-0.15, -0.1) is 11.3 Å². The van der Waals surface area contributed by atoms with E-state index in [1.165, 1.54) is 11.3 Å². The Kier molecular flexibility index (Phi) is 2.87. The Morgan fingerprint density at radius 1 is 1.44 bits per heavy atom. The first-order valence-electron chi connectivity index (χ1n) is 4.75. The number of nitrogen functional groups attached to an aromatic ring is 1. The van der Waals surface area contributed by atoms with Gasteiger partial charge in [-0.25, -0.2) is 4.98 Å². The molecule has 5 heteroatoms. The molecule has 2 rings (SSSR count). The maximum atomic E-state index is 11.8. The molecule has 0 fully saturated rings. The van der Waals surface area contributed by atoms with E-state index in [-0.39, 0.29) is 5.91 Å². The van der Waals surface area contributed by atoms with Crippen LogP contribution >= 0.6 is 11.3 Å². The molecule has 0 saturated carbocycles. The second-order valence-corrected chi connectivity index (χ2v) is 4.23. The van der Waals surface area contributed by atoms with Crippen LogP contribution in [0.4, 0.5) is 10.8 Å². The van der Waals surface area contributed by atoms with E-state index in [9.17, 15) is 4.79 Å². The number of carbonyl (C=O) groups is 1. The molecule has 3 N–H and O–H groups in total. The Bertz CT molecular complexity index is 521. The van der Waals surface area contributed by atoms with E-state index in [0.717, 1.165) is 11.3 Å². The fraction of sp³-hybridized carbons (Fsp3) is 0.0909. The molecule has 0 saturated heterocycles. The number of aryl methyl sites for hydroxylation is 1. The maximum absolute atomic E-state index is 11.8. The molecular weight excluding hydrogens is 222 g/mol. The van der Waals surface area contributed by atoms with Crippen molar-refractivity contribution in [1.82, 2.24) is 4.98 Å². The summed E-state index contributed by atoms with van der Waals surface area (Å²) in [6.45, 7) is 1.94. The molecule has 0 atom stereocenters. The number of hydrogen-bond acceptors (Lipinski definition) is 4. The molecule has 0 aliphatic carbocycles. The largest absolute Gasteiger partial charge is 0.375 e. The molecule has 0 radical (unpaired) electrons. The van der Waals surface area contributed by atoms with Crippen LogP contribution in [0, 0.1) is 6.92 Å². The van der Waals surface area contributed by atoms with Gasteiger partial charge < -0.3 is 11.1 Å². The van der Waals surface area contributed by atoms with Gasteiger partial charge in [0.1, 0.15) is 5.69 Å². The number of carbonyl (C=O) groups excluding carboxylic acids is 1. The van der Waals surface area contributed by atoms with Crippen LogP contribution in [0.25, 0.3) is 0 Å². The molecule has 1 heterocycles. The van der Waals surface area contributed by atoms with Crippen LogP contribution < -0.4 is 11.1 Å². The number of nitrogens with one attached hydrogen (secondary N) is 1. The van der Waals surface area contributed by atoms with Crippen LogP contribution in [-0.4, -0.2) is 10.9 Å². The van der Waals surface area contributed by atoms with Crippen molar-refractivity contribution in [3.8, 4) is 0 Å². The van der Waals surface area contributed by atoms with Gasteiger partial charge in [-0.05, 0) is 18.6 Å². The molecule has 1 aromatic heterocycles. The summed E-state index contributed by atoms with van der Waals surface area (Å²) in [5, 5.41) is 4.83. The summed E-state index contributed by atoms with van der Waals surface area (Å²) in [6.07, 6.45) is 0. The normalized spacial score (nSPS) is 10.1. The molecule has 2 aromatic rings. The highest BCUT2D eigenvalue weighted by atomic mass is 32.1. The van der Waals surface area contributed by atoms with Gasteiger partial charge in [0.15, 0.2) is 5.13 Å². The zero-order valence-corrected chi connectivity index (χ0v) is 9.54. The number of thiazole rings is 1. The lowest BCUT2D eigenvalue weighted by molar-refractivity contribution is 0.102. The van der Waals surface area contributed by atoms with E-state index in [1.807, 2.05) is 31.2 Å². The topological polar surface area (TPSA) is 68.0 Å². The first-order valence-corrected chi connectivity index (χ1v) is 5.63. The van der Waals surface area contributed by atoms with Crippen LogP contribution in [0.5, 0.6) is 0 Å². The van der Waals surface area contributed by atoms with Crippen LogP contribution in [-0.2, 0) is 0 Å². The highest BCUT2D eigenvalue weighted by molar-refractivity contribution is 7.13. The number of nitrogens with zero attached hydrogens (tertiary/aromatic N) is 1. The van der Waals surface area contributed by atoms with E-state index in [0.29, 0.717) is 10.8 Å². The second kappa shape index (κ2) is 4.32. The van der Waals surface area contributed by atoms with Gasteiger partial charge in [0.05, 0.1) is 0 Å². The lowest BCUT2D eigenvalue weighted by atomic mass is 10.2. The average Bonchev–Trinajstić information content (AvgIpc) is 2.68. The fourth-order valence-electron chi connectivity index (χ4n) is 1.29. The zero-order chi connectivity index (χ0) is 11.5. The minimum atomic E-state index is -0.234. The van der Waals surface area contributed by atoms with Gasteiger partial charge in [-0.3, -0.25) is 4.79 Å². The van der Waals surface area contributed by atoms with E-state index in [4.69, 9.17) is 5.73 Å². The Balaban J connectivity index is 2.17. The van der Waals surface area contributed by atoms with Crippen molar-refractivity contribution in [3.63, 3.8) is 0 Å². The van der Waals surface area contributed by atoms with Gasteiger partial charge in [-0.1, -0.05) is 18.2 Å². The highest BCUT2D eigenvalue weighted by Crippen LogP contribution is 2.16. The van der Waals surface area contributed by atoms with E-state index in [1.54, 1.807) is 5.38 Å². The quantitative estimate of drug-likeness (QED) is 0.836. The summed E-state index contributed by atoms with van der Waals surface area (Å²) in [6, 6.07) is 7.58. The van der Waals surface area contributed by atoms with Crippen molar-refractivity contribution in [2.45, 2.75) is 6.92 Å². The van der Waals surface area contributed by atoms with Crippen molar-refractivity contribution in [1.29, 1.82) is 0 Å². The number of anilines is 2. The molecule has 0 aliphatic rings. The molecule has 1 aromatic carbocycles. The van der Waals surface area contributed by atoms with Crippen molar-refractivity contribution in [2.75, 3.05) is 11.1 Å². The predicted molar refractivity (Wildman–Crippen MR) is 65.7 cm³/mol. The maximum Gasteiger partial charge on any atom is 0.275 e. The second-order valence-electron chi connectivity index (χ2n) is 3.34. The zero-order valence-electron chi connectivity index (χ0n) is 8.73. The summed E-state index contributed by atoms with van der Waals surface area (Å²) in [5.41, 5.74) is 7.62. The summed E-state index contributed by atoms with van der Waals surface area (Å²) in [7, 11) is 0. The van der Waals surface area contributed by atoms with Crippen LogP contribution in [0.1, 0.15) is 16.1 Å². The van der Waals surface area contributed by atoms with Crippen LogP contribution in [0.3, 0.4) is 0 Å². The molecule has 82 valence electrons. The Hall–Kier alpha value is -1.88. The van der Waals surface area contributed by atoms with Gasteiger partial charge >= 0.3 is 0 Å². The molecule has 16 heavy (non-hydrogen) atoms. The number of rotatable bonds is 2. The SMILES string of the molecule is Cc1ccccc1NC(=O)c1csc(N)n1.